The average molecular weight is 605 g/mol. The van der Waals surface area contributed by atoms with E-state index in [1.807, 2.05) is 35.2 Å². The van der Waals surface area contributed by atoms with Crippen LogP contribution in [0.1, 0.15) is 37.0 Å². The third kappa shape index (κ3) is 6.54. The van der Waals surface area contributed by atoms with Gasteiger partial charge >= 0.3 is 12.0 Å². The molecular weight excluding hydrogens is 569 g/mol. The van der Waals surface area contributed by atoms with Crippen molar-refractivity contribution in [3.05, 3.63) is 64.1 Å². The van der Waals surface area contributed by atoms with Crippen LogP contribution < -0.4 is 15.5 Å². The molecule has 2 N–H and O–H groups in total. The number of carbonyl (C=O) groups excluding carboxylic acids is 4. The van der Waals surface area contributed by atoms with Gasteiger partial charge < -0.3 is 30.1 Å². The number of halogens is 2. The van der Waals surface area contributed by atoms with Crippen molar-refractivity contribution in [2.24, 2.45) is 5.92 Å². The van der Waals surface area contributed by atoms with Crippen LogP contribution in [0.4, 0.5) is 10.5 Å². The van der Waals surface area contributed by atoms with E-state index in [0.717, 1.165) is 5.69 Å². The normalized spacial score (nSPS) is 17.1. The number of methoxy groups -OCH3 is 1. The molecule has 2 aromatic rings. The average Bonchev–Trinajstić information content (AvgIpc) is 3.21. The van der Waals surface area contributed by atoms with E-state index < -0.39 is 29.5 Å². The number of benzene rings is 2. The molecule has 2 aliphatic rings. The van der Waals surface area contributed by atoms with Crippen LogP contribution >= 0.6 is 23.2 Å². The van der Waals surface area contributed by atoms with Gasteiger partial charge in [-0.1, -0.05) is 61.3 Å². The van der Waals surface area contributed by atoms with Crippen molar-refractivity contribution in [1.29, 1.82) is 0 Å². The fourth-order valence-electron chi connectivity index (χ4n) is 5.44. The van der Waals surface area contributed by atoms with Crippen LogP contribution in [0.25, 0.3) is 0 Å². The van der Waals surface area contributed by atoms with Gasteiger partial charge in [-0.2, -0.15) is 0 Å². The molecule has 12 heteroatoms. The van der Waals surface area contributed by atoms with E-state index in [2.05, 4.69) is 29.4 Å². The number of nitrogens with one attached hydrogen (secondary N) is 2. The summed E-state index contributed by atoms with van der Waals surface area (Å²) in [5.41, 5.74) is 0.262. The van der Waals surface area contributed by atoms with Crippen LogP contribution in [-0.2, 0) is 14.3 Å². The number of urea groups is 1. The fourth-order valence-corrected chi connectivity index (χ4v) is 6.01. The highest BCUT2D eigenvalue weighted by Gasteiger charge is 2.54. The Kier molecular flexibility index (Phi) is 9.65. The molecule has 0 aromatic heterocycles. The van der Waals surface area contributed by atoms with Crippen molar-refractivity contribution >= 4 is 52.7 Å². The molecule has 1 spiro atoms. The molecule has 4 amide bonds. The molecule has 2 saturated heterocycles. The maximum absolute atomic E-state index is 13.7. The van der Waals surface area contributed by atoms with Crippen molar-refractivity contribution < 1.29 is 23.9 Å². The SMILES string of the molecule is COC(=O)C(CNC(=O)N1CCC2(CC1)C(=O)N(CC(C)C)CN2c1ccccc1)NC(=O)c1c(Cl)cccc1Cl. The lowest BCUT2D eigenvalue weighted by molar-refractivity contribution is -0.142. The molecule has 220 valence electrons. The molecule has 0 aliphatic carbocycles. The first kappa shape index (κ1) is 30.5. The summed E-state index contributed by atoms with van der Waals surface area (Å²) in [7, 11) is 1.19. The zero-order chi connectivity index (χ0) is 29.7. The number of hydrogen-bond acceptors (Lipinski definition) is 6. The molecule has 2 fully saturated rings. The third-order valence-corrected chi connectivity index (χ3v) is 8.11. The highest BCUT2D eigenvalue weighted by atomic mass is 35.5. The summed E-state index contributed by atoms with van der Waals surface area (Å²) in [5.74, 6) is -0.992. The van der Waals surface area contributed by atoms with Crippen LogP contribution in [0, 0.1) is 5.92 Å². The Balaban J connectivity index is 1.41. The Labute approximate surface area is 249 Å². The summed E-state index contributed by atoms with van der Waals surface area (Å²) in [5, 5.41) is 5.51. The van der Waals surface area contributed by atoms with Crippen LogP contribution in [0.3, 0.4) is 0 Å². The molecule has 4 rings (SSSR count). The first-order valence-corrected chi connectivity index (χ1v) is 14.3. The lowest BCUT2D eigenvalue weighted by atomic mass is 9.85. The minimum atomic E-state index is -1.17. The van der Waals surface area contributed by atoms with Gasteiger partial charge in [-0.3, -0.25) is 9.59 Å². The molecule has 10 nitrogen and oxygen atoms in total. The molecule has 0 saturated carbocycles. The van der Waals surface area contributed by atoms with Crippen molar-refractivity contribution in [3.8, 4) is 0 Å². The second-order valence-electron chi connectivity index (χ2n) is 10.7. The molecule has 2 aromatic carbocycles. The van der Waals surface area contributed by atoms with Gasteiger partial charge in [0.2, 0.25) is 5.91 Å². The van der Waals surface area contributed by atoms with Crippen LogP contribution in [0.2, 0.25) is 10.0 Å². The predicted octanol–water partition coefficient (Wildman–Crippen LogP) is 3.77. The lowest BCUT2D eigenvalue weighted by Gasteiger charge is -2.43. The zero-order valence-corrected chi connectivity index (χ0v) is 24.9. The highest BCUT2D eigenvalue weighted by Crippen LogP contribution is 2.39. The van der Waals surface area contributed by atoms with Gasteiger partial charge in [0.1, 0.15) is 11.6 Å². The predicted molar refractivity (Wildman–Crippen MR) is 157 cm³/mol. The number of amides is 4. The number of para-hydroxylation sites is 1. The molecule has 1 atom stereocenters. The van der Waals surface area contributed by atoms with Crippen molar-refractivity contribution in [2.75, 3.05) is 44.9 Å². The maximum Gasteiger partial charge on any atom is 0.330 e. The lowest BCUT2D eigenvalue weighted by Crippen LogP contribution is -2.59. The zero-order valence-electron chi connectivity index (χ0n) is 23.4. The first-order valence-electron chi connectivity index (χ1n) is 13.5. The number of nitrogens with zero attached hydrogens (tertiary/aromatic N) is 3. The van der Waals surface area contributed by atoms with Crippen LogP contribution in [0.5, 0.6) is 0 Å². The number of hydrogen-bond donors (Lipinski definition) is 2. The van der Waals surface area contributed by atoms with Gasteiger partial charge in [-0.15, -0.1) is 0 Å². The van der Waals surface area contributed by atoms with E-state index >= 15 is 0 Å². The minimum absolute atomic E-state index is 0.0214. The quantitative estimate of drug-likeness (QED) is 0.444. The van der Waals surface area contributed by atoms with Gasteiger partial charge in [0, 0.05) is 25.3 Å². The maximum atomic E-state index is 13.7. The molecule has 0 radical (unpaired) electrons. The number of anilines is 1. The number of carbonyl (C=O) groups is 4. The smallest absolute Gasteiger partial charge is 0.330 e. The summed E-state index contributed by atoms with van der Waals surface area (Å²) in [4.78, 5) is 57.8. The topological polar surface area (TPSA) is 111 Å². The fraction of sp³-hybridized carbons (Fsp3) is 0.448. The summed E-state index contributed by atoms with van der Waals surface area (Å²) < 4.78 is 4.82. The van der Waals surface area contributed by atoms with E-state index in [1.54, 1.807) is 11.0 Å². The van der Waals surface area contributed by atoms with Gasteiger partial charge in [0.15, 0.2) is 0 Å². The van der Waals surface area contributed by atoms with Crippen molar-refractivity contribution in [1.82, 2.24) is 20.4 Å². The monoisotopic (exact) mass is 603 g/mol. The second-order valence-corrected chi connectivity index (χ2v) is 11.5. The summed E-state index contributed by atoms with van der Waals surface area (Å²) in [6.07, 6.45) is 0.926. The number of likely N-dealkylation sites (tertiary alicyclic amines) is 1. The van der Waals surface area contributed by atoms with Crippen molar-refractivity contribution in [3.63, 3.8) is 0 Å². The number of esters is 1. The molecular formula is C29H35Cl2N5O5. The Bertz CT molecular complexity index is 1260. The van der Waals surface area contributed by atoms with E-state index in [1.165, 1.54) is 19.2 Å². The standard InChI is InChI=1S/C29H35Cl2N5O5/c1-19(2)17-35-18-36(20-8-5-4-6-9-20)29(27(35)39)12-14-34(15-13-29)28(40)32-16-23(26(38)41-3)33-25(37)24-21(30)10-7-11-22(24)31/h4-11,19,23H,12-18H2,1-3H3,(H,32,40)(H,33,37). The van der Waals surface area contributed by atoms with E-state index in [4.69, 9.17) is 27.9 Å². The van der Waals surface area contributed by atoms with E-state index in [-0.39, 0.29) is 28.1 Å². The summed E-state index contributed by atoms with van der Waals surface area (Å²) in [6.45, 7) is 5.83. The second kappa shape index (κ2) is 13.0. The van der Waals surface area contributed by atoms with Gasteiger partial charge in [0.05, 0.1) is 35.9 Å². The van der Waals surface area contributed by atoms with Gasteiger partial charge in [0.25, 0.3) is 5.91 Å². The van der Waals surface area contributed by atoms with E-state index in [9.17, 15) is 19.2 Å². The molecule has 41 heavy (non-hydrogen) atoms. The Morgan fingerprint density at radius 1 is 1.00 bits per heavy atom. The van der Waals surface area contributed by atoms with Crippen LogP contribution in [0.15, 0.2) is 48.5 Å². The third-order valence-electron chi connectivity index (χ3n) is 7.48. The van der Waals surface area contributed by atoms with E-state index in [0.29, 0.717) is 45.1 Å². The van der Waals surface area contributed by atoms with Crippen molar-refractivity contribution in [2.45, 2.75) is 38.3 Å². The number of piperidine rings is 1. The molecule has 2 aliphatic heterocycles. The van der Waals surface area contributed by atoms with Gasteiger partial charge in [-0.25, -0.2) is 9.59 Å². The number of ether oxygens (including phenoxy) is 1. The summed E-state index contributed by atoms with van der Waals surface area (Å²) in [6, 6.07) is 12.9. The Hall–Kier alpha value is -3.50. The molecule has 1 unspecified atom stereocenters. The summed E-state index contributed by atoms with van der Waals surface area (Å²) >= 11 is 12.3. The highest BCUT2D eigenvalue weighted by molar-refractivity contribution is 6.39. The number of rotatable bonds is 8. The van der Waals surface area contributed by atoms with Gasteiger partial charge in [-0.05, 0) is 43.0 Å². The Morgan fingerprint density at radius 3 is 2.22 bits per heavy atom. The largest absolute Gasteiger partial charge is 0.467 e. The minimum Gasteiger partial charge on any atom is -0.467 e. The molecule has 0 bridgehead atoms. The first-order chi connectivity index (χ1) is 19.6. The Morgan fingerprint density at radius 2 is 1.63 bits per heavy atom. The molecule has 2 heterocycles. The van der Waals surface area contributed by atoms with Crippen LogP contribution in [-0.4, -0.2) is 85.2 Å².